The molecule has 1 atom stereocenters. The second kappa shape index (κ2) is 7.41. The first-order chi connectivity index (χ1) is 9.72. The van der Waals surface area contributed by atoms with Gasteiger partial charge in [0.2, 0.25) is 5.91 Å². The Kier molecular flexibility index (Phi) is 6.15. The smallest absolute Gasteiger partial charge is 0.255 e. The molecule has 0 aromatic carbocycles. The van der Waals surface area contributed by atoms with Crippen molar-refractivity contribution in [2.75, 3.05) is 14.1 Å². The molecule has 0 saturated carbocycles. The number of hydrogen-bond acceptors (Lipinski definition) is 3. The summed E-state index contributed by atoms with van der Waals surface area (Å²) in [4.78, 5) is 30.0. The van der Waals surface area contributed by atoms with E-state index >= 15 is 0 Å². The molecule has 1 aromatic rings. The van der Waals surface area contributed by atoms with Crippen molar-refractivity contribution in [3.05, 3.63) is 28.5 Å². The maximum absolute atomic E-state index is 12.3. The van der Waals surface area contributed by atoms with Crippen LogP contribution in [0.25, 0.3) is 0 Å². The Morgan fingerprint density at radius 1 is 1.38 bits per heavy atom. The summed E-state index contributed by atoms with van der Waals surface area (Å²) >= 11 is 6.06. The van der Waals surface area contributed by atoms with E-state index in [1.54, 1.807) is 27.1 Å². The van der Waals surface area contributed by atoms with Gasteiger partial charge >= 0.3 is 0 Å². The van der Waals surface area contributed by atoms with Gasteiger partial charge < -0.3 is 10.2 Å². The molecule has 21 heavy (non-hydrogen) atoms. The Morgan fingerprint density at radius 2 is 2.00 bits per heavy atom. The summed E-state index contributed by atoms with van der Waals surface area (Å²) in [6.07, 6.45) is 2.00. The van der Waals surface area contributed by atoms with Gasteiger partial charge in [0.05, 0.1) is 10.6 Å². The lowest BCUT2D eigenvalue weighted by Gasteiger charge is -2.23. The minimum atomic E-state index is -0.565. The van der Waals surface area contributed by atoms with Crippen LogP contribution < -0.4 is 5.32 Å². The first kappa shape index (κ1) is 17.4. The Hall–Kier alpha value is -1.62. The predicted molar refractivity (Wildman–Crippen MR) is 83.4 cm³/mol. The summed E-state index contributed by atoms with van der Waals surface area (Å²) in [5.41, 5.74) is 1.02. The zero-order chi connectivity index (χ0) is 16.2. The molecule has 0 aliphatic carbocycles. The molecule has 0 bridgehead atoms. The van der Waals surface area contributed by atoms with Crippen LogP contribution in [0.5, 0.6) is 0 Å². The van der Waals surface area contributed by atoms with Crippen molar-refractivity contribution in [2.24, 2.45) is 5.92 Å². The lowest BCUT2D eigenvalue weighted by atomic mass is 10.0. The minimum Gasteiger partial charge on any atom is -0.347 e. The molecular formula is C15H22ClN3O2. The molecule has 0 radical (unpaired) electrons. The van der Waals surface area contributed by atoms with E-state index in [4.69, 9.17) is 11.6 Å². The van der Waals surface area contributed by atoms with Gasteiger partial charge in [-0.05, 0) is 25.3 Å². The normalized spacial score (nSPS) is 12.1. The van der Waals surface area contributed by atoms with E-state index in [-0.39, 0.29) is 23.3 Å². The van der Waals surface area contributed by atoms with E-state index in [2.05, 4.69) is 10.3 Å². The number of nitrogens with one attached hydrogen (secondary N) is 1. The molecule has 0 spiro atoms. The number of carbonyl (C=O) groups excluding carboxylic acids is 2. The van der Waals surface area contributed by atoms with Gasteiger partial charge in [0.25, 0.3) is 5.91 Å². The van der Waals surface area contributed by atoms with Crippen LogP contribution in [0.15, 0.2) is 12.3 Å². The molecule has 1 rings (SSSR count). The number of aromatic nitrogens is 1. The fourth-order valence-electron chi connectivity index (χ4n) is 1.93. The average Bonchev–Trinajstić information content (AvgIpc) is 2.36. The third-order valence-electron chi connectivity index (χ3n) is 2.99. The molecule has 2 amide bonds. The summed E-state index contributed by atoms with van der Waals surface area (Å²) in [6, 6.07) is 1.06. The average molecular weight is 312 g/mol. The van der Waals surface area contributed by atoms with Crippen LogP contribution in [0.1, 0.15) is 36.3 Å². The van der Waals surface area contributed by atoms with Gasteiger partial charge in [-0.15, -0.1) is 0 Å². The van der Waals surface area contributed by atoms with Crippen molar-refractivity contribution < 1.29 is 9.59 Å². The van der Waals surface area contributed by atoms with Crippen molar-refractivity contribution in [3.8, 4) is 0 Å². The minimum absolute atomic E-state index is 0.131. The van der Waals surface area contributed by atoms with Crippen molar-refractivity contribution in [2.45, 2.75) is 33.2 Å². The second-order valence-electron chi connectivity index (χ2n) is 5.69. The summed E-state index contributed by atoms with van der Waals surface area (Å²) in [7, 11) is 3.34. The van der Waals surface area contributed by atoms with Crippen LogP contribution in [0.3, 0.4) is 0 Å². The van der Waals surface area contributed by atoms with Crippen molar-refractivity contribution >= 4 is 23.4 Å². The molecule has 1 heterocycles. The number of nitrogens with zero attached hydrogens (tertiary/aromatic N) is 2. The third kappa shape index (κ3) is 5.01. The first-order valence-corrected chi connectivity index (χ1v) is 7.24. The van der Waals surface area contributed by atoms with Crippen LogP contribution >= 0.6 is 11.6 Å². The molecule has 1 aromatic heterocycles. The maximum Gasteiger partial charge on any atom is 0.255 e. The quantitative estimate of drug-likeness (QED) is 0.907. The molecule has 0 aliphatic heterocycles. The van der Waals surface area contributed by atoms with Gasteiger partial charge in [0.15, 0.2) is 0 Å². The lowest BCUT2D eigenvalue weighted by Crippen LogP contribution is -2.47. The Labute approximate surface area is 130 Å². The van der Waals surface area contributed by atoms with E-state index in [1.807, 2.05) is 13.8 Å². The number of pyridine rings is 1. The largest absolute Gasteiger partial charge is 0.347 e. The Morgan fingerprint density at radius 3 is 2.48 bits per heavy atom. The summed E-state index contributed by atoms with van der Waals surface area (Å²) in [5.74, 6) is -0.229. The molecule has 6 heteroatoms. The van der Waals surface area contributed by atoms with E-state index < -0.39 is 6.04 Å². The number of halogens is 1. The summed E-state index contributed by atoms with van der Waals surface area (Å²) in [6.45, 7) is 5.80. The van der Waals surface area contributed by atoms with Crippen LogP contribution in [0, 0.1) is 12.8 Å². The third-order valence-corrected chi connectivity index (χ3v) is 3.30. The fraction of sp³-hybridized carbons (Fsp3) is 0.533. The van der Waals surface area contributed by atoms with Crippen molar-refractivity contribution in [1.82, 2.24) is 15.2 Å². The summed E-state index contributed by atoms with van der Waals surface area (Å²) in [5, 5.41) is 3.09. The Bertz CT molecular complexity index is 530. The van der Waals surface area contributed by atoms with E-state index in [0.29, 0.717) is 11.4 Å². The van der Waals surface area contributed by atoms with Crippen LogP contribution in [0.4, 0.5) is 0 Å². The number of hydrogen-bond donors (Lipinski definition) is 1. The standard InChI is InChI=1S/C15H22ClN3O2/c1-9(2)6-13(15(21)19(4)5)18-14(20)11-8-17-10(3)7-12(11)16/h7-9,13H,6H2,1-5H3,(H,18,20). The monoisotopic (exact) mass is 311 g/mol. The molecule has 116 valence electrons. The molecule has 1 N–H and O–H groups in total. The maximum atomic E-state index is 12.3. The topological polar surface area (TPSA) is 62.3 Å². The highest BCUT2D eigenvalue weighted by Gasteiger charge is 2.24. The van der Waals surface area contributed by atoms with Crippen LogP contribution in [-0.4, -0.2) is 41.8 Å². The number of aryl methyl sites for hydroxylation is 1. The second-order valence-corrected chi connectivity index (χ2v) is 6.10. The number of carbonyl (C=O) groups is 2. The zero-order valence-corrected chi connectivity index (χ0v) is 13.9. The van der Waals surface area contributed by atoms with Gasteiger partial charge in [-0.25, -0.2) is 0 Å². The SMILES string of the molecule is Cc1cc(Cl)c(C(=O)NC(CC(C)C)C(=O)N(C)C)cn1. The molecule has 0 saturated heterocycles. The van der Waals surface area contributed by atoms with Crippen LogP contribution in [-0.2, 0) is 4.79 Å². The molecule has 5 nitrogen and oxygen atoms in total. The van der Waals surface area contributed by atoms with Gasteiger partial charge in [0.1, 0.15) is 6.04 Å². The predicted octanol–water partition coefficient (Wildman–Crippen LogP) is 2.28. The lowest BCUT2D eigenvalue weighted by molar-refractivity contribution is -0.131. The van der Waals surface area contributed by atoms with E-state index in [1.165, 1.54) is 11.1 Å². The number of likely N-dealkylation sites (N-methyl/N-ethyl adjacent to an activating group) is 1. The van der Waals surface area contributed by atoms with Crippen LogP contribution in [0.2, 0.25) is 5.02 Å². The van der Waals surface area contributed by atoms with Gasteiger partial charge in [-0.1, -0.05) is 25.4 Å². The molecule has 0 aliphatic rings. The van der Waals surface area contributed by atoms with Gasteiger partial charge in [0, 0.05) is 26.0 Å². The molecule has 0 fully saturated rings. The highest BCUT2D eigenvalue weighted by Crippen LogP contribution is 2.16. The highest BCUT2D eigenvalue weighted by atomic mass is 35.5. The first-order valence-electron chi connectivity index (χ1n) is 6.86. The zero-order valence-electron chi connectivity index (χ0n) is 13.1. The molecule has 1 unspecified atom stereocenters. The van der Waals surface area contributed by atoms with Gasteiger partial charge in [-0.2, -0.15) is 0 Å². The van der Waals surface area contributed by atoms with Gasteiger partial charge in [-0.3, -0.25) is 14.6 Å². The van der Waals surface area contributed by atoms with E-state index in [0.717, 1.165) is 5.69 Å². The number of rotatable bonds is 5. The van der Waals surface area contributed by atoms with Crippen molar-refractivity contribution in [3.63, 3.8) is 0 Å². The number of amides is 2. The Balaban J connectivity index is 2.92. The van der Waals surface area contributed by atoms with E-state index in [9.17, 15) is 9.59 Å². The van der Waals surface area contributed by atoms with Crippen molar-refractivity contribution in [1.29, 1.82) is 0 Å². The summed E-state index contributed by atoms with van der Waals surface area (Å²) < 4.78 is 0. The fourth-order valence-corrected chi connectivity index (χ4v) is 2.23. The molecular weight excluding hydrogens is 290 g/mol. The highest BCUT2D eigenvalue weighted by molar-refractivity contribution is 6.33.